The van der Waals surface area contributed by atoms with Gasteiger partial charge in [-0.25, -0.2) is 0 Å². The van der Waals surface area contributed by atoms with Crippen LogP contribution in [0, 0.1) is 0 Å². The van der Waals surface area contributed by atoms with E-state index in [-0.39, 0.29) is 11.5 Å². The number of aliphatic hydroxyl groups is 1. The molecule has 108 valence electrons. The summed E-state index contributed by atoms with van der Waals surface area (Å²) in [5.41, 5.74) is 0.519. The van der Waals surface area contributed by atoms with Crippen molar-refractivity contribution in [3.8, 4) is 11.5 Å². The summed E-state index contributed by atoms with van der Waals surface area (Å²) in [5.74, 6) is -0.0740. The van der Waals surface area contributed by atoms with Gasteiger partial charge >= 0.3 is 0 Å². The van der Waals surface area contributed by atoms with Gasteiger partial charge in [-0.05, 0) is 31.0 Å². The second-order valence-corrected chi connectivity index (χ2v) is 5.10. The molecule has 1 aromatic rings. The molecule has 2 atom stereocenters. The average molecular weight is 267 g/mol. The second-order valence-electron chi connectivity index (χ2n) is 5.10. The minimum atomic E-state index is -0.730. The highest BCUT2D eigenvalue weighted by atomic mass is 16.3. The molecule has 0 aliphatic heterocycles. The number of benzene rings is 1. The molecule has 0 heterocycles. The minimum absolute atomic E-state index is 0.0370. The van der Waals surface area contributed by atoms with Crippen LogP contribution in [0.3, 0.4) is 0 Å². The number of hydrogen-bond donors (Lipinski definition) is 4. The Hall–Kier alpha value is -1.26. The van der Waals surface area contributed by atoms with Gasteiger partial charge in [0.15, 0.2) is 0 Å². The first kappa shape index (κ1) is 15.8. The Bertz CT molecular complexity index is 361. The number of rotatable bonds is 8. The third-order valence-electron chi connectivity index (χ3n) is 3.21. The van der Waals surface area contributed by atoms with Crippen molar-refractivity contribution in [1.82, 2.24) is 5.32 Å². The number of phenols is 2. The van der Waals surface area contributed by atoms with E-state index in [0.717, 1.165) is 6.42 Å². The van der Waals surface area contributed by atoms with Crippen LogP contribution in [0.15, 0.2) is 18.2 Å². The number of aromatic hydroxyl groups is 2. The van der Waals surface area contributed by atoms with E-state index in [4.69, 9.17) is 0 Å². The smallest absolute Gasteiger partial charge is 0.119 e. The fourth-order valence-corrected chi connectivity index (χ4v) is 2.04. The molecule has 0 saturated carbocycles. The van der Waals surface area contributed by atoms with Crippen molar-refractivity contribution >= 4 is 0 Å². The van der Waals surface area contributed by atoms with E-state index in [9.17, 15) is 15.3 Å². The van der Waals surface area contributed by atoms with Crippen molar-refractivity contribution in [2.24, 2.45) is 0 Å². The van der Waals surface area contributed by atoms with Gasteiger partial charge in [-0.3, -0.25) is 0 Å². The Labute approximate surface area is 115 Å². The summed E-state index contributed by atoms with van der Waals surface area (Å²) >= 11 is 0. The lowest BCUT2D eigenvalue weighted by molar-refractivity contribution is 0.169. The first-order chi connectivity index (χ1) is 9.02. The number of hydrogen-bond acceptors (Lipinski definition) is 4. The van der Waals surface area contributed by atoms with E-state index >= 15 is 0 Å². The van der Waals surface area contributed by atoms with Crippen molar-refractivity contribution in [2.45, 2.75) is 51.7 Å². The number of nitrogens with one attached hydrogen (secondary N) is 1. The highest BCUT2D eigenvalue weighted by Gasteiger charge is 2.11. The van der Waals surface area contributed by atoms with E-state index in [0.29, 0.717) is 18.2 Å². The van der Waals surface area contributed by atoms with Gasteiger partial charge in [0.05, 0.1) is 6.10 Å². The van der Waals surface area contributed by atoms with Gasteiger partial charge < -0.3 is 20.6 Å². The maximum Gasteiger partial charge on any atom is 0.119 e. The molecule has 0 unspecified atom stereocenters. The van der Waals surface area contributed by atoms with Crippen LogP contribution in [-0.4, -0.2) is 27.9 Å². The SMILES string of the molecule is CCCCC[C@@H](C)NC[C@@H](O)c1cc(O)cc(O)c1. The average Bonchev–Trinajstić information content (AvgIpc) is 2.35. The van der Waals surface area contributed by atoms with Crippen molar-refractivity contribution < 1.29 is 15.3 Å². The zero-order valence-corrected chi connectivity index (χ0v) is 11.8. The standard InChI is InChI=1S/C15H25NO3/c1-3-4-5-6-11(2)16-10-15(19)12-7-13(17)9-14(18)8-12/h7-9,11,15-19H,3-6,10H2,1-2H3/t11-,15-/m1/s1. The molecule has 0 bridgehead atoms. The number of aliphatic hydroxyl groups excluding tert-OH is 1. The fraction of sp³-hybridized carbons (Fsp3) is 0.600. The minimum Gasteiger partial charge on any atom is -0.508 e. The van der Waals surface area contributed by atoms with Gasteiger partial charge in [0.25, 0.3) is 0 Å². The zero-order chi connectivity index (χ0) is 14.3. The highest BCUT2D eigenvalue weighted by Crippen LogP contribution is 2.24. The summed E-state index contributed by atoms with van der Waals surface area (Å²) in [6.07, 6.45) is 3.98. The zero-order valence-electron chi connectivity index (χ0n) is 11.8. The van der Waals surface area contributed by atoms with Crippen LogP contribution in [-0.2, 0) is 0 Å². The van der Waals surface area contributed by atoms with E-state index in [2.05, 4.69) is 19.2 Å². The Morgan fingerprint density at radius 1 is 1.11 bits per heavy atom. The largest absolute Gasteiger partial charge is 0.508 e. The maximum atomic E-state index is 10.0. The maximum absolute atomic E-state index is 10.0. The molecule has 4 N–H and O–H groups in total. The molecule has 0 aliphatic carbocycles. The monoisotopic (exact) mass is 267 g/mol. The summed E-state index contributed by atoms with van der Waals surface area (Å²) < 4.78 is 0. The molecule has 4 heteroatoms. The van der Waals surface area contributed by atoms with E-state index in [1.807, 2.05) is 0 Å². The summed E-state index contributed by atoms with van der Waals surface area (Å²) in [6, 6.07) is 4.53. The van der Waals surface area contributed by atoms with Gasteiger partial charge in [0, 0.05) is 18.7 Å². The van der Waals surface area contributed by atoms with Gasteiger partial charge in [-0.15, -0.1) is 0 Å². The second kappa shape index (κ2) is 8.02. The van der Waals surface area contributed by atoms with Crippen LogP contribution in [0.5, 0.6) is 11.5 Å². The summed E-state index contributed by atoms with van der Waals surface area (Å²) in [6.45, 7) is 4.69. The van der Waals surface area contributed by atoms with Gasteiger partial charge in [0.1, 0.15) is 11.5 Å². The molecular formula is C15H25NO3. The molecule has 0 amide bonds. The molecule has 4 nitrogen and oxygen atoms in total. The first-order valence-corrected chi connectivity index (χ1v) is 6.97. The Balaban J connectivity index is 2.39. The number of phenolic OH excluding ortho intramolecular Hbond substituents is 2. The van der Waals surface area contributed by atoms with Crippen LogP contribution in [0.1, 0.15) is 51.2 Å². The normalized spacial score (nSPS) is 14.3. The lowest BCUT2D eigenvalue weighted by Crippen LogP contribution is -2.30. The Kier molecular flexibility index (Phi) is 6.67. The van der Waals surface area contributed by atoms with E-state index < -0.39 is 6.10 Å². The molecule has 19 heavy (non-hydrogen) atoms. The molecular weight excluding hydrogens is 242 g/mol. The van der Waals surface area contributed by atoms with Crippen molar-refractivity contribution in [1.29, 1.82) is 0 Å². The molecule has 0 saturated heterocycles. The van der Waals surface area contributed by atoms with Gasteiger partial charge in [-0.1, -0.05) is 26.2 Å². The van der Waals surface area contributed by atoms with Crippen LogP contribution < -0.4 is 5.32 Å². The van der Waals surface area contributed by atoms with Gasteiger partial charge in [-0.2, -0.15) is 0 Å². The van der Waals surface area contributed by atoms with Gasteiger partial charge in [0.2, 0.25) is 0 Å². The van der Waals surface area contributed by atoms with Crippen molar-refractivity contribution in [3.63, 3.8) is 0 Å². The third kappa shape index (κ3) is 5.94. The predicted octanol–water partition coefficient (Wildman–Crippen LogP) is 2.69. The molecule has 0 aliphatic rings. The van der Waals surface area contributed by atoms with E-state index in [1.165, 1.54) is 37.5 Å². The molecule has 0 fully saturated rings. The van der Waals surface area contributed by atoms with Crippen LogP contribution >= 0.6 is 0 Å². The molecule has 1 rings (SSSR count). The van der Waals surface area contributed by atoms with Crippen LogP contribution in [0.25, 0.3) is 0 Å². The Morgan fingerprint density at radius 2 is 1.74 bits per heavy atom. The predicted molar refractivity (Wildman–Crippen MR) is 76.3 cm³/mol. The quantitative estimate of drug-likeness (QED) is 0.546. The topological polar surface area (TPSA) is 72.7 Å². The van der Waals surface area contributed by atoms with E-state index in [1.54, 1.807) is 0 Å². The lowest BCUT2D eigenvalue weighted by Gasteiger charge is -2.17. The lowest BCUT2D eigenvalue weighted by atomic mass is 10.1. The first-order valence-electron chi connectivity index (χ1n) is 6.97. The van der Waals surface area contributed by atoms with Crippen molar-refractivity contribution in [2.75, 3.05) is 6.54 Å². The third-order valence-corrected chi connectivity index (χ3v) is 3.21. The summed E-state index contributed by atoms with van der Waals surface area (Å²) in [4.78, 5) is 0. The summed E-state index contributed by atoms with van der Waals surface area (Å²) in [5, 5.41) is 32.0. The summed E-state index contributed by atoms with van der Waals surface area (Å²) in [7, 11) is 0. The molecule has 1 aromatic carbocycles. The number of unbranched alkanes of at least 4 members (excludes halogenated alkanes) is 2. The molecule has 0 spiro atoms. The Morgan fingerprint density at radius 3 is 2.32 bits per heavy atom. The molecule has 0 radical (unpaired) electrons. The van der Waals surface area contributed by atoms with Crippen LogP contribution in [0.4, 0.5) is 0 Å². The molecule has 0 aromatic heterocycles. The van der Waals surface area contributed by atoms with Crippen LogP contribution in [0.2, 0.25) is 0 Å². The fourth-order valence-electron chi connectivity index (χ4n) is 2.04. The highest BCUT2D eigenvalue weighted by molar-refractivity contribution is 5.37. The van der Waals surface area contributed by atoms with Crippen molar-refractivity contribution in [3.05, 3.63) is 23.8 Å².